The summed E-state index contributed by atoms with van der Waals surface area (Å²) in [5, 5.41) is 40.2. The molecule has 0 unspecified atom stereocenters. The van der Waals surface area contributed by atoms with Gasteiger partial charge in [0.1, 0.15) is 46.3 Å². The largest absolute Gasteiger partial charge is 0.496 e. The first-order valence-corrected chi connectivity index (χ1v) is 39.4. The molecule has 12 aromatic rings. The number of hydrogen-bond donors (Lipinski definition) is 4. The Balaban J connectivity index is 0.000000181. The number of ether oxygens (including phenoxy) is 4. The Bertz CT molecular complexity index is 6140. The normalized spacial score (nSPS) is 12.2. The molecular weight excluding hydrogens is 1620 g/mol. The number of aliphatic hydroxyl groups is 4. The van der Waals surface area contributed by atoms with Gasteiger partial charge >= 0.3 is 0 Å². The summed E-state index contributed by atoms with van der Waals surface area (Å²) in [7, 11) is 5.97. The Morgan fingerprint density at radius 2 is 0.681 bits per heavy atom. The van der Waals surface area contributed by atoms with Gasteiger partial charge in [0.05, 0.1) is 137 Å². The molecule has 4 heterocycles. The lowest BCUT2D eigenvalue weighted by molar-refractivity contribution is 0.100. The van der Waals surface area contributed by atoms with Gasteiger partial charge in [0.15, 0.2) is 44.8 Å². The Morgan fingerprint density at radius 3 is 0.966 bits per heavy atom. The number of aliphatic hydroxyl groups excluding tert-OH is 4. The summed E-state index contributed by atoms with van der Waals surface area (Å²) >= 11 is 23.6. The van der Waals surface area contributed by atoms with Crippen LogP contribution in [0.2, 0.25) is 20.1 Å². The molecule has 4 aromatic heterocycles. The number of carbonyl (C=O) groups is 4. The maximum atomic E-state index is 14.5. The second-order valence-corrected chi connectivity index (χ2v) is 30.2. The number of pyridine rings is 4. The molecule has 0 aliphatic rings. The lowest BCUT2D eigenvalue weighted by atomic mass is 9.96. The number of hydrogen-bond acceptors (Lipinski definition) is 16. The van der Waals surface area contributed by atoms with Gasteiger partial charge in [-0.15, -0.1) is 0 Å². The first kappa shape index (κ1) is 92.1. The highest BCUT2D eigenvalue weighted by atomic mass is 35.5. The lowest BCUT2D eigenvalue weighted by Crippen LogP contribution is -2.25. The number of Topliss-reactive ketones (excluding diaryl/α,β-unsaturated/α-hetero) is 4. The van der Waals surface area contributed by atoms with Crippen molar-refractivity contribution in [2.24, 2.45) is 5.92 Å². The number of rotatable bonds is 27. The Hall–Kier alpha value is -10.8. The van der Waals surface area contributed by atoms with E-state index in [1.807, 2.05) is 20.8 Å². The van der Waals surface area contributed by atoms with Gasteiger partial charge in [-0.3, -0.25) is 38.4 Å². The number of ketones is 4. The predicted molar refractivity (Wildman–Crippen MR) is 457 cm³/mol. The summed E-state index contributed by atoms with van der Waals surface area (Å²) < 4.78 is 86.5. The van der Waals surface area contributed by atoms with Crippen LogP contribution >= 0.6 is 46.4 Å². The van der Waals surface area contributed by atoms with E-state index in [1.54, 1.807) is 122 Å². The van der Waals surface area contributed by atoms with Crippen LogP contribution in [0.1, 0.15) is 172 Å². The van der Waals surface area contributed by atoms with Gasteiger partial charge in [-0.1, -0.05) is 122 Å². The molecule has 0 saturated carbocycles. The Kier molecular flexibility index (Phi) is 31.6. The summed E-state index contributed by atoms with van der Waals surface area (Å²) in [6, 6.07) is 31.2. The Labute approximate surface area is 702 Å². The molecule has 626 valence electrons. The van der Waals surface area contributed by atoms with Gasteiger partial charge in [0.2, 0.25) is 0 Å². The monoisotopic (exact) mass is 1710 g/mol. The third kappa shape index (κ3) is 20.2. The maximum absolute atomic E-state index is 14.5. The lowest BCUT2D eigenvalue weighted by Gasteiger charge is -2.27. The van der Waals surface area contributed by atoms with Gasteiger partial charge in [-0.2, -0.15) is 0 Å². The van der Waals surface area contributed by atoms with Crippen LogP contribution in [0.15, 0.2) is 165 Å². The fraction of sp³-hybridized carbons (Fsp3) is 0.297. The van der Waals surface area contributed by atoms with Gasteiger partial charge in [-0.25, -0.2) is 17.6 Å². The molecule has 0 saturated heterocycles. The van der Waals surface area contributed by atoms with Crippen molar-refractivity contribution in [2.45, 2.75) is 119 Å². The zero-order valence-electron chi connectivity index (χ0n) is 67.4. The molecule has 0 aliphatic carbocycles. The zero-order chi connectivity index (χ0) is 87.3. The highest BCUT2D eigenvalue weighted by Crippen LogP contribution is 2.37. The molecule has 4 N–H and O–H groups in total. The molecule has 12 rings (SSSR count). The van der Waals surface area contributed by atoms with Crippen molar-refractivity contribution in [1.82, 2.24) is 18.3 Å². The first-order chi connectivity index (χ1) is 56.7. The minimum absolute atomic E-state index is 0.0141. The molecule has 8 aromatic carbocycles. The van der Waals surface area contributed by atoms with Gasteiger partial charge in [0, 0.05) is 103 Å². The average Bonchev–Trinajstić information content (AvgIpc) is 0.760. The molecule has 0 spiro atoms. The van der Waals surface area contributed by atoms with Crippen LogP contribution in [0.4, 0.5) is 17.6 Å². The minimum Gasteiger partial charge on any atom is -0.496 e. The molecule has 20 nitrogen and oxygen atoms in total. The number of methoxy groups -OCH3 is 4. The van der Waals surface area contributed by atoms with Gasteiger partial charge in [0.25, 0.3) is 0 Å². The van der Waals surface area contributed by atoms with Crippen molar-refractivity contribution in [3.63, 3.8) is 0 Å². The molecular formula is C91H90Cl4F4N4O16. The van der Waals surface area contributed by atoms with E-state index in [1.165, 1.54) is 105 Å². The van der Waals surface area contributed by atoms with Crippen molar-refractivity contribution in [2.75, 3.05) is 54.9 Å². The number of fused-ring (bicyclic) bond motifs is 4. The standard InChI is InChI=1S/C25H27ClFNO4.C23H23ClFNO4.C22H21ClFNO4.C21H19ClFNO4/c1-5-14(2)22(13-29)28-12-19(15(3)30)25(31)18-10-17(23(32-4)11-21(18)28)9-16-7-6-8-20(26)24(16)27;1-4-16(12-27)26-11-18(13(2)28)23(29)17-9-15(21(30-3)10-20(17)26)8-14-6-5-7-19(24)22(14)25;1-12(11-26)25-10-17(13(2)27)22(28)16-8-15(20(29-3)9-19(16)25)7-14-5-4-6-18(23)21(14)24;1-12(26)16-11-24(6-7-25)18-10-19(28-2)14(9-15(18)21(16)27)8-13-4-3-5-17(22)20(13)23/h6-8,10-12,14,22,29H,5,9,13H2,1-4H3;5-7,9-11,16,27H,4,8,12H2,1-3H3;4-6,8-10,12,26H,7,11H2,1-3H3;3-5,9-11,25H,6-8H2,1-2H3/t14-,22+;16-;12-;/m000./s1. The fourth-order valence-electron chi connectivity index (χ4n) is 14.2. The van der Waals surface area contributed by atoms with Crippen LogP contribution in [0, 0.1) is 29.2 Å². The third-order valence-electron chi connectivity index (χ3n) is 21.0. The first-order valence-electron chi connectivity index (χ1n) is 37.9. The summed E-state index contributed by atoms with van der Waals surface area (Å²) in [6.07, 6.45) is 7.96. The summed E-state index contributed by atoms with van der Waals surface area (Å²) in [5.41, 5.74) is 4.47. The highest BCUT2D eigenvalue weighted by Gasteiger charge is 2.27. The molecule has 0 amide bonds. The second-order valence-electron chi connectivity index (χ2n) is 28.5. The van der Waals surface area contributed by atoms with E-state index < -0.39 is 45.0 Å². The fourth-order valence-corrected chi connectivity index (χ4v) is 14.9. The van der Waals surface area contributed by atoms with Crippen molar-refractivity contribution >= 4 is 113 Å². The van der Waals surface area contributed by atoms with Gasteiger partial charge < -0.3 is 57.6 Å². The summed E-state index contributed by atoms with van der Waals surface area (Å²) in [4.78, 5) is 100. The van der Waals surface area contributed by atoms with Crippen molar-refractivity contribution in [3.05, 3.63) is 297 Å². The molecule has 0 bridgehead atoms. The summed E-state index contributed by atoms with van der Waals surface area (Å²) in [6.45, 7) is 12.6. The third-order valence-corrected chi connectivity index (χ3v) is 22.1. The molecule has 0 radical (unpaired) electrons. The molecule has 4 atom stereocenters. The molecule has 0 aliphatic heterocycles. The van der Waals surface area contributed by atoms with Crippen LogP contribution < -0.4 is 40.7 Å². The van der Waals surface area contributed by atoms with Crippen LogP contribution in [-0.4, -0.2) is 117 Å². The quantitative estimate of drug-likeness (QED) is 0.0275. The van der Waals surface area contributed by atoms with E-state index >= 15 is 0 Å². The average molecular weight is 1710 g/mol. The Morgan fingerprint density at radius 1 is 0.387 bits per heavy atom. The van der Waals surface area contributed by atoms with Crippen LogP contribution in [-0.2, 0) is 32.2 Å². The van der Waals surface area contributed by atoms with E-state index in [0.717, 1.165) is 6.42 Å². The van der Waals surface area contributed by atoms with Crippen molar-refractivity contribution in [3.8, 4) is 23.0 Å². The van der Waals surface area contributed by atoms with E-state index in [0.29, 0.717) is 118 Å². The van der Waals surface area contributed by atoms with Crippen molar-refractivity contribution < 1.29 is 76.1 Å². The predicted octanol–water partition coefficient (Wildman–Crippen LogP) is 17.5. The number of nitrogens with zero attached hydrogens (tertiary/aromatic N) is 4. The van der Waals surface area contributed by atoms with Crippen LogP contribution in [0.25, 0.3) is 43.6 Å². The van der Waals surface area contributed by atoms with Gasteiger partial charge in [-0.05, 0) is 140 Å². The number of halogens is 8. The minimum atomic E-state index is -0.528. The van der Waals surface area contributed by atoms with E-state index in [4.69, 9.17) is 65.4 Å². The van der Waals surface area contributed by atoms with E-state index in [2.05, 4.69) is 0 Å². The number of aromatic nitrogens is 4. The smallest absolute Gasteiger partial charge is 0.200 e. The number of carbonyl (C=O) groups excluding carboxylic acids is 4. The number of benzene rings is 8. The van der Waals surface area contributed by atoms with E-state index in [9.17, 15) is 76.3 Å². The highest BCUT2D eigenvalue weighted by molar-refractivity contribution is 6.31. The SMILES string of the molecule is CC[C@@H](CO)n1cc(C(C)=O)c(=O)c2cc(Cc3cccc(Cl)c3F)c(OC)cc21.CC[C@H](C)[C@@H](CO)n1cc(C(C)=O)c(=O)c2cc(Cc3cccc(Cl)c3F)c(OC)cc21.COc1cc2c(cc1Cc1cccc(Cl)c1F)c(=O)c(C(C)=O)cn2CCO.COc1cc2c(cc1Cc1cccc(Cl)c1F)c(=O)c(C(C)=O)cn2[C@@H](C)CO. The topological polar surface area (TPSA) is 274 Å². The van der Waals surface area contributed by atoms with Crippen LogP contribution in [0.5, 0.6) is 23.0 Å². The van der Waals surface area contributed by atoms with Crippen LogP contribution in [0.3, 0.4) is 0 Å². The van der Waals surface area contributed by atoms with Crippen molar-refractivity contribution in [1.29, 1.82) is 0 Å². The maximum Gasteiger partial charge on any atom is 0.200 e. The molecule has 28 heteroatoms. The second kappa shape index (κ2) is 40.8. The van der Waals surface area contributed by atoms with E-state index in [-0.39, 0.29) is 148 Å². The molecule has 119 heavy (non-hydrogen) atoms. The zero-order valence-corrected chi connectivity index (χ0v) is 70.5. The molecule has 0 fully saturated rings. The summed E-state index contributed by atoms with van der Waals surface area (Å²) in [5.74, 6) is -1.58.